The molecule has 39 heavy (non-hydrogen) atoms. The van der Waals surface area contributed by atoms with Crippen LogP contribution < -0.4 is 22.5 Å². The highest BCUT2D eigenvalue weighted by Crippen LogP contribution is 2.26. The number of piperazine rings is 1. The van der Waals surface area contributed by atoms with Gasteiger partial charge in [-0.05, 0) is 50.5 Å². The molecule has 2 fully saturated rings. The third-order valence-corrected chi connectivity index (χ3v) is 7.18. The zero-order valence-corrected chi connectivity index (χ0v) is 23.3. The summed E-state index contributed by atoms with van der Waals surface area (Å²) < 4.78 is 15.7. The number of halogens is 2. The van der Waals surface area contributed by atoms with Gasteiger partial charge in [0.15, 0.2) is 0 Å². The standard InChI is InChI=1S/C26H37FN8O3.ClH/c1-25(2,29)22(36)33-13-15-34(16-14-33)23(37)30-21-7-10-35(24(38)31-21)20-5-3-19(4-6-20)17-32-11-8-26(27,18-28)9-12-32;/h3-7,10H,8-9,11-18,28-29H2,1-2H3,(H,30,31,37,38);1H. The lowest BCUT2D eigenvalue weighted by Crippen LogP contribution is -2.58. The molecule has 2 saturated heterocycles. The van der Waals surface area contributed by atoms with Gasteiger partial charge in [0.25, 0.3) is 0 Å². The van der Waals surface area contributed by atoms with Gasteiger partial charge in [0, 0.05) is 58.6 Å². The molecule has 1 aromatic heterocycles. The first-order chi connectivity index (χ1) is 18.0. The minimum absolute atomic E-state index is 0. The summed E-state index contributed by atoms with van der Waals surface area (Å²) in [5.74, 6) is -0.00119. The molecule has 0 spiro atoms. The van der Waals surface area contributed by atoms with Gasteiger partial charge < -0.3 is 21.3 Å². The molecule has 0 unspecified atom stereocenters. The van der Waals surface area contributed by atoms with Crippen molar-refractivity contribution in [1.82, 2.24) is 24.3 Å². The first-order valence-electron chi connectivity index (χ1n) is 12.9. The molecular formula is C26H38ClFN8O3. The summed E-state index contributed by atoms with van der Waals surface area (Å²) in [4.78, 5) is 47.1. The second-order valence-corrected chi connectivity index (χ2v) is 10.7. The molecule has 2 aromatic rings. The smallest absolute Gasteiger partial charge is 0.338 e. The zero-order chi connectivity index (χ0) is 27.5. The number of hydrogen-bond acceptors (Lipinski definition) is 7. The number of amides is 3. The number of nitrogens with zero attached hydrogens (tertiary/aromatic N) is 5. The number of urea groups is 1. The Kier molecular flexibility index (Phi) is 9.70. The van der Waals surface area contributed by atoms with Crippen molar-refractivity contribution in [1.29, 1.82) is 0 Å². The van der Waals surface area contributed by atoms with Crippen LogP contribution in [-0.4, -0.2) is 93.2 Å². The number of hydrogen-bond donors (Lipinski definition) is 3. The van der Waals surface area contributed by atoms with E-state index in [0.29, 0.717) is 64.3 Å². The number of nitrogens with two attached hydrogens (primary N) is 2. The third-order valence-electron chi connectivity index (χ3n) is 7.18. The van der Waals surface area contributed by atoms with Crippen molar-refractivity contribution in [2.24, 2.45) is 11.5 Å². The minimum atomic E-state index is -1.25. The molecule has 13 heteroatoms. The fourth-order valence-corrected chi connectivity index (χ4v) is 4.71. The van der Waals surface area contributed by atoms with Gasteiger partial charge in [-0.15, -0.1) is 12.4 Å². The lowest BCUT2D eigenvalue weighted by atomic mass is 9.93. The highest BCUT2D eigenvalue weighted by atomic mass is 35.5. The Morgan fingerprint density at radius 1 is 1.03 bits per heavy atom. The van der Waals surface area contributed by atoms with Crippen LogP contribution in [0.2, 0.25) is 0 Å². The Hall–Kier alpha value is -3.06. The number of alkyl halides is 1. The minimum Gasteiger partial charge on any atom is -0.338 e. The van der Waals surface area contributed by atoms with Crippen LogP contribution in [0.3, 0.4) is 0 Å². The quantitative estimate of drug-likeness (QED) is 0.480. The predicted octanol–water partition coefficient (Wildman–Crippen LogP) is 1.33. The maximum absolute atomic E-state index is 14.3. The highest BCUT2D eigenvalue weighted by Gasteiger charge is 2.33. The SMILES string of the molecule is CC(C)(N)C(=O)N1CCN(C(=O)Nc2ccn(-c3ccc(CN4CCC(F)(CN)CC4)cc3)c(=O)n2)CC1.Cl. The summed E-state index contributed by atoms with van der Waals surface area (Å²) in [7, 11) is 0. The third kappa shape index (κ3) is 7.53. The number of rotatable bonds is 6. The molecule has 11 nitrogen and oxygen atoms in total. The summed E-state index contributed by atoms with van der Waals surface area (Å²) in [6, 6.07) is 8.74. The van der Waals surface area contributed by atoms with Crippen LogP contribution in [0.4, 0.5) is 15.0 Å². The van der Waals surface area contributed by atoms with E-state index in [1.54, 1.807) is 35.9 Å². The lowest BCUT2D eigenvalue weighted by Gasteiger charge is -2.37. The maximum Gasteiger partial charge on any atom is 0.354 e. The molecule has 4 rings (SSSR count). The largest absolute Gasteiger partial charge is 0.354 e. The Morgan fingerprint density at radius 2 is 1.62 bits per heavy atom. The van der Waals surface area contributed by atoms with E-state index in [4.69, 9.17) is 11.5 Å². The number of piperidine rings is 1. The summed E-state index contributed by atoms with van der Waals surface area (Å²) in [5, 5.41) is 2.66. The summed E-state index contributed by atoms with van der Waals surface area (Å²) in [5.41, 5.74) is 10.4. The van der Waals surface area contributed by atoms with Gasteiger partial charge in [0.1, 0.15) is 11.5 Å². The van der Waals surface area contributed by atoms with E-state index in [0.717, 1.165) is 5.56 Å². The van der Waals surface area contributed by atoms with E-state index in [-0.39, 0.29) is 36.7 Å². The Labute approximate surface area is 233 Å². The first kappa shape index (κ1) is 30.5. The van der Waals surface area contributed by atoms with Crippen LogP contribution in [-0.2, 0) is 11.3 Å². The van der Waals surface area contributed by atoms with Crippen LogP contribution in [0.1, 0.15) is 32.3 Å². The number of nitrogens with one attached hydrogen (secondary N) is 1. The molecule has 0 saturated carbocycles. The maximum atomic E-state index is 14.3. The fraction of sp³-hybridized carbons (Fsp3) is 0.538. The van der Waals surface area contributed by atoms with Crippen LogP contribution in [0.15, 0.2) is 41.3 Å². The van der Waals surface area contributed by atoms with E-state index in [9.17, 15) is 18.8 Å². The molecule has 1 aromatic carbocycles. The summed E-state index contributed by atoms with van der Waals surface area (Å²) in [6.45, 7) is 6.89. The second kappa shape index (κ2) is 12.4. The molecule has 0 bridgehead atoms. The first-order valence-corrected chi connectivity index (χ1v) is 12.9. The molecule has 2 aliphatic rings. The van der Waals surface area contributed by atoms with Crippen LogP contribution >= 0.6 is 12.4 Å². The molecule has 2 aliphatic heterocycles. The molecule has 0 radical (unpaired) electrons. The highest BCUT2D eigenvalue weighted by molar-refractivity contribution is 5.89. The molecule has 3 heterocycles. The van der Waals surface area contributed by atoms with Crippen molar-refractivity contribution in [3.63, 3.8) is 0 Å². The molecule has 3 amide bonds. The average Bonchev–Trinajstić information content (AvgIpc) is 2.90. The summed E-state index contributed by atoms with van der Waals surface area (Å²) >= 11 is 0. The summed E-state index contributed by atoms with van der Waals surface area (Å²) in [6.07, 6.45) is 2.44. The topological polar surface area (TPSA) is 143 Å². The molecular weight excluding hydrogens is 527 g/mol. The molecule has 5 N–H and O–H groups in total. The van der Waals surface area contributed by atoms with E-state index in [2.05, 4.69) is 15.2 Å². The zero-order valence-electron chi connectivity index (χ0n) is 22.4. The molecule has 214 valence electrons. The average molecular weight is 565 g/mol. The van der Waals surface area contributed by atoms with Crippen LogP contribution in [0.5, 0.6) is 0 Å². The Bertz CT molecular complexity index is 1200. The number of anilines is 1. The number of carbonyl (C=O) groups is 2. The van der Waals surface area contributed by atoms with E-state index < -0.39 is 16.9 Å². The number of likely N-dealkylation sites (tertiary alicyclic amines) is 1. The van der Waals surface area contributed by atoms with Gasteiger partial charge in [-0.1, -0.05) is 12.1 Å². The molecule has 0 atom stereocenters. The number of carbonyl (C=O) groups excluding carboxylic acids is 2. The van der Waals surface area contributed by atoms with Crippen LogP contribution in [0.25, 0.3) is 5.69 Å². The van der Waals surface area contributed by atoms with Gasteiger partial charge in [-0.2, -0.15) is 4.98 Å². The fourth-order valence-electron chi connectivity index (χ4n) is 4.71. The Balaban J connectivity index is 0.00000420. The second-order valence-electron chi connectivity index (χ2n) is 10.7. The van der Waals surface area contributed by atoms with Crippen molar-refractivity contribution >= 4 is 30.2 Å². The normalized spacial score (nSPS) is 17.9. The van der Waals surface area contributed by atoms with Crippen molar-refractivity contribution < 1.29 is 14.0 Å². The number of benzene rings is 1. The molecule has 0 aliphatic carbocycles. The predicted molar refractivity (Wildman–Crippen MR) is 150 cm³/mol. The monoisotopic (exact) mass is 564 g/mol. The lowest BCUT2D eigenvalue weighted by molar-refractivity contribution is -0.137. The van der Waals surface area contributed by atoms with Gasteiger partial charge in [0.05, 0.1) is 11.2 Å². The Morgan fingerprint density at radius 3 is 2.15 bits per heavy atom. The van der Waals surface area contributed by atoms with Crippen molar-refractivity contribution in [3.8, 4) is 5.69 Å². The van der Waals surface area contributed by atoms with E-state index in [1.165, 1.54) is 4.57 Å². The van der Waals surface area contributed by atoms with Crippen LogP contribution in [0, 0.1) is 0 Å². The van der Waals surface area contributed by atoms with E-state index >= 15 is 0 Å². The number of aromatic nitrogens is 2. The van der Waals surface area contributed by atoms with Crippen molar-refractivity contribution in [2.75, 3.05) is 51.1 Å². The van der Waals surface area contributed by atoms with Gasteiger partial charge in [-0.3, -0.25) is 19.6 Å². The van der Waals surface area contributed by atoms with Crippen molar-refractivity contribution in [2.45, 2.75) is 44.4 Å². The van der Waals surface area contributed by atoms with E-state index in [1.807, 2.05) is 24.3 Å². The van der Waals surface area contributed by atoms with Crippen molar-refractivity contribution in [3.05, 3.63) is 52.6 Å². The van der Waals surface area contributed by atoms with Gasteiger partial charge >= 0.3 is 11.7 Å². The van der Waals surface area contributed by atoms with Gasteiger partial charge in [-0.25, -0.2) is 14.0 Å². The van der Waals surface area contributed by atoms with Gasteiger partial charge in [0.2, 0.25) is 5.91 Å².